The molecule has 0 aliphatic rings. The van der Waals surface area contributed by atoms with Crippen molar-refractivity contribution in [2.45, 2.75) is 0 Å². The Balaban J connectivity index is 2.65. The first kappa shape index (κ1) is 16.0. The maximum Gasteiger partial charge on any atom is 0.317 e. The Hall–Kier alpha value is -2.10. The minimum absolute atomic E-state index is 0.00280. The van der Waals surface area contributed by atoms with Gasteiger partial charge in [-0.15, -0.1) is 6.42 Å². The lowest BCUT2D eigenvalue weighted by Gasteiger charge is -2.16. The smallest absolute Gasteiger partial charge is 0.317 e. The van der Waals surface area contributed by atoms with Crippen LogP contribution >= 0.6 is 11.6 Å². The minimum Gasteiger partial charge on any atom is -0.480 e. The molecule has 0 saturated carbocycles. The maximum absolute atomic E-state index is 13.5. The highest BCUT2D eigenvalue weighted by molar-refractivity contribution is 6.30. The predicted molar refractivity (Wildman–Crippen MR) is 72.9 cm³/mol. The summed E-state index contributed by atoms with van der Waals surface area (Å²) in [4.78, 5) is 23.5. The number of hydrogen-bond donors (Lipinski definition) is 2. The lowest BCUT2D eigenvalue weighted by molar-refractivity contribution is -0.138. The quantitative estimate of drug-likeness (QED) is 0.780. The molecule has 0 aromatic heterocycles. The van der Waals surface area contributed by atoms with E-state index in [-0.39, 0.29) is 30.3 Å². The van der Waals surface area contributed by atoms with Gasteiger partial charge in [0.05, 0.1) is 25.3 Å². The molecule has 0 aliphatic carbocycles. The van der Waals surface area contributed by atoms with Gasteiger partial charge in [0.1, 0.15) is 5.82 Å². The lowest BCUT2D eigenvalue weighted by Crippen LogP contribution is -2.37. The molecule has 7 heteroatoms. The van der Waals surface area contributed by atoms with Gasteiger partial charge in [0.2, 0.25) is 5.91 Å². The fraction of sp³-hybridized carbons (Fsp3) is 0.231. The highest BCUT2D eigenvalue weighted by atomic mass is 35.5. The van der Waals surface area contributed by atoms with Crippen LogP contribution in [0.25, 0.3) is 0 Å². The number of anilines is 1. The molecule has 0 radical (unpaired) electrons. The average molecular weight is 299 g/mol. The van der Waals surface area contributed by atoms with E-state index in [2.05, 4.69) is 11.2 Å². The van der Waals surface area contributed by atoms with Crippen LogP contribution in [0.5, 0.6) is 0 Å². The Morgan fingerprint density at radius 3 is 2.70 bits per heavy atom. The summed E-state index contributed by atoms with van der Waals surface area (Å²) >= 11 is 5.59. The third-order valence-corrected chi connectivity index (χ3v) is 2.48. The van der Waals surface area contributed by atoms with E-state index in [9.17, 15) is 14.0 Å². The van der Waals surface area contributed by atoms with Crippen molar-refractivity contribution in [3.8, 4) is 12.3 Å². The van der Waals surface area contributed by atoms with Crippen LogP contribution in [-0.4, -0.2) is 41.5 Å². The number of aliphatic carboxylic acids is 1. The van der Waals surface area contributed by atoms with E-state index in [0.717, 1.165) is 6.07 Å². The number of carbonyl (C=O) groups excluding carboxylic acids is 1. The van der Waals surface area contributed by atoms with Crippen molar-refractivity contribution in [3.05, 3.63) is 29.0 Å². The number of carboxylic acid groups (broad SMARTS) is 1. The standard InChI is InChI=1S/C13H12ClFN2O3/c1-2-5-17(8-13(19)20)7-12(18)16-11-4-3-9(14)6-10(11)15/h1,3-4,6H,5,7-8H2,(H,16,18)(H,19,20). The number of carbonyl (C=O) groups is 2. The van der Waals surface area contributed by atoms with Crippen molar-refractivity contribution in [1.82, 2.24) is 4.90 Å². The highest BCUT2D eigenvalue weighted by Gasteiger charge is 2.14. The molecule has 0 heterocycles. The van der Waals surface area contributed by atoms with Crippen LogP contribution in [0, 0.1) is 18.2 Å². The average Bonchev–Trinajstić information content (AvgIpc) is 2.32. The van der Waals surface area contributed by atoms with Crippen LogP contribution in [0.15, 0.2) is 18.2 Å². The van der Waals surface area contributed by atoms with Crippen molar-refractivity contribution in [3.63, 3.8) is 0 Å². The van der Waals surface area contributed by atoms with E-state index in [1.807, 2.05) is 0 Å². The van der Waals surface area contributed by atoms with Crippen LogP contribution in [0.3, 0.4) is 0 Å². The Morgan fingerprint density at radius 2 is 2.15 bits per heavy atom. The zero-order valence-corrected chi connectivity index (χ0v) is 11.2. The zero-order chi connectivity index (χ0) is 15.1. The molecule has 2 N–H and O–H groups in total. The molecule has 20 heavy (non-hydrogen) atoms. The normalized spacial score (nSPS) is 10.1. The van der Waals surface area contributed by atoms with Gasteiger partial charge in [0, 0.05) is 5.02 Å². The second-order valence-corrected chi connectivity index (χ2v) is 4.35. The van der Waals surface area contributed by atoms with E-state index < -0.39 is 17.7 Å². The van der Waals surface area contributed by atoms with Crippen molar-refractivity contribution in [1.29, 1.82) is 0 Å². The van der Waals surface area contributed by atoms with Gasteiger partial charge in [-0.25, -0.2) is 4.39 Å². The van der Waals surface area contributed by atoms with Crippen molar-refractivity contribution in [2.24, 2.45) is 0 Å². The number of nitrogens with zero attached hydrogens (tertiary/aromatic N) is 1. The second-order valence-electron chi connectivity index (χ2n) is 3.92. The van der Waals surface area contributed by atoms with Crippen LogP contribution in [-0.2, 0) is 9.59 Å². The zero-order valence-electron chi connectivity index (χ0n) is 10.4. The largest absolute Gasteiger partial charge is 0.480 e. The van der Waals surface area contributed by atoms with Gasteiger partial charge in [-0.2, -0.15) is 0 Å². The van der Waals surface area contributed by atoms with Gasteiger partial charge in [0.25, 0.3) is 0 Å². The monoisotopic (exact) mass is 298 g/mol. The first-order valence-electron chi connectivity index (χ1n) is 5.55. The summed E-state index contributed by atoms with van der Waals surface area (Å²) in [7, 11) is 0. The number of carboxylic acids is 1. The number of amides is 1. The van der Waals surface area contributed by atoms with E-state index in [1.54, 1.807) is 0 Å². The Morgan fingerprint density at radius 1 is 1.45 bits per heavy atom. The third kappa shape index (κ3) is 5.26. The summed E-state index contributed by atoms with van der Waals surface area (Å²) in [5, 5.41) is 11.2. The summed E-state index contributed by atoms with van der Waals surface area (Å²) < 4.78 is 13.5. The number of nitrogens with one attached hydrogen (secondary N) is 1. The van der Waals surface area contributed by atoms with Crippen molar-refractivity contribution < 1.29 is 19.1 Å². The summed E-state index contributed by atoms with van der Waals surface area (Å²) in [5.41, 5.74) is -0.0321. The van der Waals surface area contributed by atoms with Crippen LogP contribution in [0.2, 0.25) is 5.02 Å². The lowest BCUT2D eigenvalue weighted by atomic mass is 10.3. The molecular weight excluding hydrogens is 287 g/mol. The van der Waals surface area contributed by atoms with Crippen LogP contribution in [0.4, 0.5) is 10.1 Å². The molecule has 0 atom stereocenters. The summed E-state index contributed by atoms with van der Waals surface area (Å²) in [6, 6.07) is 3.81. The minimum atomic E-state index is -1.11. The number of benzene rings is 1. The fourth-order valence-electron chi connectivity index (χ4n) is 1.47. The van der Waals surface area contributed by atoms with Gasteiger partial charge in [-0.3, -0.25) is 14.5 Å². The fourth-order valence-corrected chi connectivity index (χ4v) is 1.63. The Kier molecular flexibility index (Phi) is 5.97. The number of rotatable bonds is 6. The van der Waals surface area contributed by atoms with Crippen molar-refractivity contribution in [2.75, 3.05) is 25.0 Å². The molecule has 1 rings (SSSR count). The van der Waals surface area contributed by atoms with Gasteiger partial charge in [-0.1, -0.05) is 17.5 Å². The number of hydrogen-bond acceptors (Lipinski definition) is 3. The molecule has 0 aliphatic heterocycles. The molecule has 0 bridgehead atoms. The molecule has 0 fully saturated rings. The Labute approximate surface area is 120 Å². The van der Waals surface area contributed by atoms with Gasteiger partial charge < -0.3 is 10.4 Å². The van der Waals surface area contributed by atoms with Gasteiger partial charge >= 0.3 is 5.97 Å². The van der Waals surface area contributed by atoms with Gasteiger partial charge in [0.15, 0.2) is 0 Å². The molecule has 0 saturated heterocycles. The maximum atomic E-state index is 13.5. The number of halogens is 2. The third-order valence-electron chi connectivity index (χ3n) is 2.25. The molecular formula is C13H12ClFN2O3. The van der Waals surface area contributed by atoms with Crippen molar-refractivity contribution >= 4 is 29.2 Å². The first-order valence-corrected chi connectivity index (χ1v) is 5.92. The molecule has 1 aromatic carbocycles. The second kappa shape index (κ2) is 7.48. The first-order chi connectivity index (χ1) is 9.42. The Bertz CT molecular complexity index is 557. The van der Waals surface area contributed by atoms with E-state index in [1.165, 1.54) is 17.0 Å². The predicted octanol–water partition coefficient (Wildman–Crippen LogP) is 1.44. The van der Waals surface area contributed by atoms with Crippen LogP contribution < -0.4 is 5.32 Å². The van der Waals surface area contributed by atoms with E-state index >= 15 is 0 Å². The topological polar surface area (TPSA) is 69.6 Å². The highest BCUT2D eigenvalue weighted by Crippen LogP contribution is 2.18. The number of terminal acetylenes is 1. The molecule has 0 unspecified atom stereocenters. The SMILES string of the molecule is C#CCN(CC(=O)O)CC(=O)Nc1ccc(Cl)cc1F. The van der Waals surface area contributed by atoms with Gasteiger partial charge in [-0.05, 0) is 18.2 Å². The summed E-state index contributed by atoms with van der Waals surface area (Å²) in [6.45, 7) is -0.623. The van der Waals surface area contributed by atoms with E-state index in [0.29, 0.717) is 0 Å². The molecule has 1 aromatic rings. The molecule has 1 amide bonds. The summed E-state index contributed by atoms with van der Waals surface area (Å²) in [6.07, 6.45) is 5.08. The van der Waals surface area contributed by atoms with E-state index in [4.69, 9.17) is 23.1 Å². The summed E-state index contributed by atoms with van der Waals surface area (Å²) in [5.74, 6) is -0.0940. The molecule has 5 nitrogen and oxygen atoms in total. The molecule has 106 valence electrons. The molecule has 0 spiro atoms. The van der Waals surface area contributed by atoms with Crippen LogP contribution in [0.1, 0.15) is 0 Å².